The van der Waals surface area contributed by atoms with E-state index in [1.54, 1.807) is 11.3 Å². The molecule has 108 valence electrons. The van der Waals surface area contributed by atoms with Crippen molar-refractivity contribution in [2.75, 3.05) is 27.2 Å². The van der Waals surface area contributed by atoms with Gasteiger partial charge in [0.2, 0.25) is 0 Å². The van der Waals surface area contributed by atoms with Crippen LogP contribution in [0.25, 0.3) is 0 Å². The largest absolute Gasteiger partial charge is 0.340 e. The highest BCUT2D eigenvalue weighted by molar-refractivity contribution is 7.12. The van der Waals surface area contributed by atoms with E-state index in [4.69, 9.17) is 0 Å². The van der Waals surface area contributed by atoms with Gasteiger partial charge in [-0.05, 0) is 22.9 Å². The second kappa shape index (κ2) is 7.57. The summed E-state index contributed by atoms with van der Waals surface area (Å²) in [4.78, 5) is 18.0. The molecule has 0 bridgehead atoms. The number of nitrogens with one attached hydrogen (secondary N) is 1. The number of hydrogen-bond donors (Lipinski definition) is 1. The molecule has 5 heteroatoms. The highest BCUT2D eigenvalue weighted by atomic mass is 32.1. The minimum absolute atomic E-state index is 0.155. The van der Waals surface area contributed by atoms with Crippen LogP contribution in [0.4, 0.5) is 0 Å². The summed E-state index contributed by atoms with van der Waals surface area (Å²) in [6, 6.07) is 7.98. The zero-order valence-corrected chi connectivity index (χ0v) is 13.6. The van der Waals surface area contributed by atoms with Crippen molar-refractivity contribution in [1.82, 2.24) is 4.90 Å². The van der Waals surface area contributed by atoms with Gasteiger partial charge in [-0.3, -0.25) is 4.79 Å². The Kier molecular flexibility index (Phi) is 5.76. The minimum Gasteiger partial charge on any atom is -0.340 e. The average molecular weight is 309 g/mol. The third-order valence-corrected chi connectivity index (χ3v) is 4.77. The fourth-order valence-corrected chi connectivity index (χ4v) is 3.43. The maximum Gasteiger partial charge on any atom is 0.264 e. The van der Waals surface area contributed by atoms with Crippen LogP contribution in [0.1, 0.15) is 21.0 Å². The van der Waals surface area contributed by atoms with E-state index in [1.807, 2.05) is 28.5 Å². The van der Waals surface area contributed by atoms with Gasteiger partial charge in [0.1, 0.15) is 0 Å². The molecular weight excluding hydrogens is 288 g/mol. The number of quaternary nitrogens is 1. The molecule has 0 saturated carbocycles. The van der Waals surface area contributed by atoms with Gasteiger partial charge in [0.05, 0.1) is 32.1 Å². The van der Waals surface area contributed by atoms with E-state index in [0.29, 0.717) is 0 Å². The second-order valence-corrected chi connectivity index (χ2v) is 7.07. The molecule has 0 aliphatic heterocycles. The molecule has 2 aromatic heterocycles. The van der Waals surface area contributed by atoms with Crippen molar-refractivity contribution in [3.8, 4) is 0 Å². The van der Waals surface area contributed by atoms with Crippen molar-refractivity contribution in [2.24, 2.45) is 0 Å². The van der Waals surface area contributed by atoms with Gasteiger partial charge in [-0.25, -0.2) is 0 Å². The van der Waals surface area contributed by atoms with Crippen molar-refractivity contribution >= 4 is 28.6 Å². The van der Waals surface area contributed by atoms with E-state index in [2.05, 4.69) is 25.5 Å². The average Bonchev–Trinajstić information content (AvgIpc) is 3.09. The molecular formula is C15H21N2OS2+. The van der Waals surface area contributed by atoms with E-state index in [9.17, 15) is 4.79 Å². The Morgan fingerprint density at radius 2 is 1.95 bits per heavy atom. The first kappa shape index (κ1) is 15.2. The number of hydrogen-bond acceptors (Lipinski definition) is 3. The Balaban J connectivity index is 2.01. The molecule has 1 N–H and O–H groups in total. The van der Waals surface area contributed by atoms with Gasteiger partial charge in [-0.15, -0.1) is 22.7 Å². The van der Waals surface area contributed by atoms with E-state index >= 15 is 0 Å². The van der Waals surface area contributed by atoms with Gasteiger partial charge >= 0.3 is 0 Å². The SMILES string of the molecule is C[NH+](C)CCCN(Cc1cccs1)C(=O)c1cccs1. The molecule has 1 amide bonds. The van der Waals surface area contributed by atoms with Crippen molar-refractivity contribution in [1.29, 1.82) is 0 Å². The zero-order chi connectivity index (χ0) is 14.4. The maximum atomic E-state index is 12.5. The molecule has 2 rings (SSSR count). The summed E-state index contributed by atoms with van der Waals surface area (Å²) in [6.45, 7) is 2.62. The Morgan fingerprint density at radius 1 is 1.20 bits per heavy atom. The summed E-state index contributed by atoms with van der Waals surface area (Å²) >= 11 is 3.23. The van der Waals surface area contributed by atoms with Gasteiger partial charge in [0.15, 0.2) is 0 Å². The van der Waals surface area contributed by atoms with E-state index in [-0.39, 0.29) is 5.91 Å². The van der Waals surface area contributed by atoms with Gasteiger partial charge in [-0.1, -0.05) is 12.1 Å². The maximum absolute atomic E-state index is 12.5. The highest BCUT2D eigenvalue weighted by Gasteiger charge is 2.17. The first-order valence-corrected chi connectivity index (χ1v) is 8.57. The van der Waals surface area contributed by atoms with Gasteiger partial charge in [0.25, 0.3) is 5.91 Å². The molecule has 0 aromatic carbocycles. The summed E-state index contributed by atoms with van der Waals surface area (Å²) < 4.78 is 0. The predicted octanol–water partition coefficient (Wildman–Crippen LogP) is 1.99. The molecule has 0 saturated heterocycles. The smallest absolute Gasteiger partial charge is 0.264 e. The van der Waals surface area contributed by atoms with Crippen LogP contribution < -0.4 is 4.90 Å². The number of thiophene rings is 2. The summed E-state index contributed by atoms with van der Waals surface area (Å²) in [5, 5.41) is 4.02. The summed E-state index contributed by atoms with van der Waals surface area (Å²) in [7, 11) is 4.29. The number of amides is 1. The number of rotatable bonds is 7. The second-order valence-electron chi connectivity index (χ2n) is 5.09. The van der Waals surface area contributed by atoms with Crippen molar-refractivity contribution < 1.29 is 9.69 Å². The lowest BCUT2D eigenvalue weighted by Crippen LogP contribution is -3.05. The molecule has 0 radical (unpaired) electrons. The lowest BCUT2D eigenvalue weighted by molar-refractivity contribution is -0.858. The fraction of sp³-hybridized carbons (Fsp3) is 0.400. The number of carbonyl (C=O) groups excluding carboxylic acids is 1. The first-order valence-electron chi connectivity index (χ1n) is 6.81. The van der Waals surface area contributed by atoms with E-state index in [0.717, 1.165) is 30.9 Å². The molecule has 0 aliphatic carbocycles. The monoisotopic (exact) mass is 309 g/mol. The predicted molar refractivity (Wildman–Crippen MR) is 85.7 cm³/mol. The van der Waals surface area contributed by atoms with Crippen LogP contribution >= 0.6 is 22.7 Å². The highest BCUT2D eigenvalue weighted by Crippen LogP contribution is 2.17. The molecule has 0 spiro atoms. The Hall–Kier alpha value is -1.17. The van der Waals surface area contributed by atoms with Crippen LogP contribution in [0.15, 0.2) is 35.0 Å². The van der Waals surface area contributed by atoms with E-state index < -0.39 is 0 Å². The third kappa shape index (κ3) is 4.44. The lowest BCUT2D eigenvalue weighted by Gasteiger charge is -2.22. The first-order chi connectivity index (χ1) is 9.66. The van der Waals surface area contributed by atoms with Crippen LogP contribution in [0.3, 0.4) is 0 Å². The summed E-state index contributed by atoms with van der Waals surface area (Å²) in [5.41, 5.74) is 0. The van der Waals surface area contributed by atoms with Gasteiger partial charge in [0, 0.05) is 17.8 Å². The normalized spacial score (nSPS) is 10.9. The summed E-state index contributed by atoms with van der Waals surface area (Å²) in [5.74, 6) is 0.155. The molecule has 2 heterocycles. The third-order valence-electron chi connectivity index (χ3n) is 3.05. The Bertz CT molecular complexity index is 506. The molecule has 2 aromatic rings. The number of nitrogens with zero attached hydrogens (tertiary/aromatic N) is 1. The van der Waals surface area contributed by atoms with Crippen LogP contribution in [-0.4, -0.2) is 38.0 Å². The Morgan fingerprint density at radius 3 is 2.55 bits per heavy atom. The van der Waals surface area contributed by atoms with Crippen LogP contribution in [0.2, 0.25) is 0 Å². The topological polar surface area (TPSA) is 24.8 Å². The molecule has 20 heavy (non-hydrogen) atoms. The molecule has 3 nitrogen and oxygen atoms in total. The standard InChI is InChI=1S/C15H20N2OS2/c1-16(2)8-5-9-17(12-13-6-3-10-19-13)15(18)14-7-4-11-20-14/h3-4,6-7,10-11H,5,8-9,12H2,1-2H3/p+1. The van der Waals surface area contributed by atoms with Crippen molar-refractivity contribution in [3.63, 3.8) is 0 Å². The zero-order valence-electron chi connectivity index (χ0n) is 12.0. The molecule has 0 aliphatic rings. The van der Waals surface area contributed by atoms with Gasteiger partial charge < -0.3 is 9.80 Å². The van der Waals surface area contributed by atoms with Crippen molar-refractivity contribution in [2.45, 2.75) is 13.0 Å². The van der Waals surface area contributed by atoms with Crippen LogP contribution in [0.5, 0.6) is 0 Å². The van der Waals surface area contributed by atoms with Crippen LogP contribution in [-0.2, 0) is 6.54 Å². The van der Waals surface area contributed by atoms with Gasteiger partial charge in [-0.2, -0.15) is 0 Å². The fourth-order valence-electron chi connectivity index (χ4n) is 2.02. The summed E-state index contributed by atoms with van der Waals surface area (Å²) in [6.07, 6.45) is 1.03. The lowest BCUT2D eigenvalue weighted by atomic mass is 10.3. The number of carbonyl (C=O) groups is 1. The molecule has 0 unspecified atom stereocenters. The Labute approximate surface area is 128 Å². The van der Waals surface area contributed by atoms with E-state index in [1.165, 1.54) is 21.1 Å². The van der Waals surface area contributed by atoms with Crippen molar-refractivity contribution in [3.05, 3.63) is 44.8 Å². The minimum atomic E-state index is 0.155. The van der Waals surface area contributed by atoms with Crippen LogP contribution in [0, 0.1) is 0 Å². The quantitative estimate of drug-likeness (QED) is 0.831. The molecule has 0 fully saturated rings. The molecule has 0 atom stereocenters.